The predicted molar refractivity (Wildman–Crippen MR) is 108 cm³/mol. The number of esters is 1. The molecule has 0 radical (unpaired) electrons. The fourth-order valence-corrected chi connectivity index (χ4v) is 4.76. The van der Waals surface area contributed by atoms with Gasteiger partial charge in [0.1, 0.15) is 5.82 Å². The standard InChI is InChI=1S/C21H19FN4O3S/c22-14-3-5-15(6-4-14)26-18(16-2-1-13-30-16)23-17(24-26)19(27)25-10-7-21(8-11-25)9-12-29-20(21)28/h1-6,13H,7-12H2. The smallest absolute Gasteiger partial charge is 0.312 e. The second kappa shape index (κ2) is 7.32. The van der Waals surface area contributed by atoms with Crippen LogP contribution in [0.5, 0.6) is 0 Å². The van der Waals surface area contributed by atoms with E-state index >= 15 is 0 Å². The Bertz CT molecular complexity index is 1090. The first-order valence-electron chi connectivity index (χ1n) is 9.79. The van der Waals surface area contributed by atoms with Gasteiger partial charge in [-0.25, -0.2) is 14.1 Å². The van der Waals surface area contributed by atoms with E-state index < -0.39 is 5.41 Å². The molecule has 0 bridgehead atoms. The van der Waals surface area contributed by atoms with Gasteiger partial charge in [0, 0.05) is 13.1 Å². The van der Waals surface area contributed by atoms with Crippen molar-refractivity contribution in [2.45, 2.75) is 19.3 Å². The molecule has 0 unspecified atom stereocenters. The predicted octanol–water partition coefficient (Wildman–Crippen LogP) is 3.30. The summed E-state index contributed by atoms with van der Waals surface area (Å²) in [5.41, 5.74) is 0.178. The first-order valence-corrected chi connectivity index (χ1v) is 10.7. The number of carbonyl (C=O) groups excluding carboxylic acids is 2. The van der Waals surface area contributed by atoms with Gasteiger partial charge in [0.2, 0.25) is 5.82 Å². The summed E-state index contributed by atoms with van der Waals surface area (Å²) in [5, 5.41) is 6.37. The molecule has 2 aromatic heterocycles. The van der Waals surface area contributed by atoms with Crippen LogP contribution in [0.2, 0.25) is 0 Å². The van der Waals surface area contributed by atoms with Gasteiger partial charge in [0.15, 0.2) is 5.82 Å². The molecule has 2 aliphatic rings. The summed E-state index contributed by atoms with van der Waals surface area (Å²) in [5.74, 6) is -0.135. The van der Waals surface area contributed by atoms with E-state index in [4.69, 9.17) is 4.74 Å². The summed E-state index contributed by atoms with van der Waals surface area (Å²) in [6.45, 7) is 1.39. The molecule has 1 spiro atoms. The van der Waals surface area contributed by atoms with Gasteiger partial charge in [-0.3, -0.25) is 9.59 Å². The van der Waals surface area contributed by atoms with E-state index in [-0.39, 0.29) is 23.5 Å². The molecular weight excluding hydrogens is 407 g/mol. The van der Waals surface area contributed by atoms with E-state index in [1.165, 1.54) is 23.5 Å². The summed E-state index contributed by atoms with van der Waals surface area (Å²) in [4.78, 5) is 32.3. The Balaban J connectivity index is 1.43. The van der Waals surface area contributed by atoms with Gasteiger partial charge < -0.3 is 9.64 Å². The number of halogens is 1. The van der Waals surface area contributed by atoms with Gasteiger partial charge in [-0.1, -0.05) is 6.07 Å². The summed E-state index contributed by atoms with van der Waals surface area (Å²) in [6.07, 6.45) is 1.90. The monoisotopic (exact) mass is 426 g/mol. The fraction of sp³-hybridized carbons (Fsp3) is 0.333. The Morgan fingerprint density at radius 2 is 1.90 bits per heavy atom. The molecule has 154 valence electrons. The van der Waals surface area contributed by atoms with Gasteiger partial charge in [0.05, 0.1) is 22.6 Å². The Morgan fingerprint density at radius 1 is 1.13 bits per heavy atom. The minimum Gasteiger partial charge on any atom is -0.465 e. The number of hydrogen-bond acceptors (Lipinski definition) is 6. The number of nitrogens with zero attached hydrogens (tertiary/aromatic N) is 4. The second-order valence-electron chi connectivity index (χ2n) is 7.58. The van der Waals surface area contributed by atoms with E-state index in [9.17, 15) is 14.0 Å². The zero-order chi connectivity index (χ0) is 20.7. The zero-order valence-corrected chi connectivity index (χ0v) is 16.9. The SMILES string of the molecule is O=C(c1nc(-c2cccs2)n(-c2ccc(F)cc2)n1)N1CCC2(CCOC2=O)CC1. The molecule has 0 saturated carbocycles. The molecule has 0 N–H and O–H groups in total. The van der Waals surface area contributed by atoms with Crippen molar-refractivity contribution in [2.75, 3.05) is 19.7 Å². The van der Waals surface area contributed by atoms with Crippen molar-refractivity contribution in [3.63, 3.8) is 0 Å². The van der Waals surface area contributed by atoms with Gasteiger partial charge in [-0.15, -0.1) is 16.4 Å². The topological polar surface area (TPSA) is 77.3 Å². The first-order chi connectivity index (χ1) is 14.6. The second-order valence-corrected chi connectivity index (χ2v) is 8.53. The number of rotatable bonds is 3. The van der Waals surface area contributed by atoms with Crippen molar-refractivity contribution in [3.8, 4) is 16.4 Å². The third-order valence-electron chi connectivity index (χ3n) is 5.87. The van der Waals surface area contributed by atoms with Crippen LogP contribution in [0.3, 0.4) is 0 Å². The molecule has 4 heterocycles. The van der Waals surface area contributed by atoms with Crippen LogP contribution >= 0.6 is 11.3 Å². The van der Waals surface area contributed by atoms with Gasteiger partial charge in [-0.2, -0.15) is 0 Å². The number of cyclic esters (lactones) is 1. The van der Waals surface area contributed by atoms with Crippen molar-refractivity contribution in [1.29, 1.82) is 0 Å². The number of likely N-dealkylation sites (tertiary alicyclic amines) is 1. The normalized spacial score (nSPS) is 18.0. The molecule has 9 heteroatoms. The maximum absolute atomic E-state index is 13.4. The highest BCUT2D eigenvalue weighted by molar-refractivity contribution is 7.13. The van der Waals surface area contributed by atoms with Crippen molar-refractivity contribution < 1.29 is 18.7 Å². The molecule has 2 aliphatic heterocycles. The summed E-state index contributed by atoms with van der Waals surface area (Å²) >= 11 is 1.49. The number of ether oxygens (including phenoxy) is 1. The van der Waals surface area contributed by atoms with Crippen molar-refractivity contribution in [3.05, 3.63) is 53.4 Å². The number of benzene rings is 1. The minimum atomic E-state index is -0.445. The Kier molecular flexibility index (Phi) is 4.62. The maximum atomic E-state index is 13.4. The van der Waals surface area contributed by atoms with E-state index in [0.717, 1.165) is 4.88 Å². The Hall–Kier alpha value is -3.07. The highest BCUT2D eigenvalue weighted by Crippen LogP contribution is 2.40. The van der Waals surface area contributed by atoms with Crippen LogP contribution < -0.4 is 0 Å². The van der Waals surface area contributed by atoms with E-state index in [2.05, 4.69) is 10.1 Å². The number of thiophene rings is 1. The van der Waals surface area contributed by atoms with E-state index in [1.54, 1.807) is 21.7 Å². The Morgan fingerprint density at radius 3 is 2.53 bits per heavy atom. The highest BCUT2D eigenvalue weighted by Gasteiger charge is 2.47. The molecule has 0 atom stereocenters. The lowest BCUT2D eigenvalue weighted by molar-refractivity contribution is -0.148. The molecule has 3 aromatic rings. The molecule has 2 fully saturated rings. The largest absolute Gasteiger partial charge is 0.465 e. The fourth-order valence-electron chi connectivity index (χ4n) is 4.06. The van der Waals surface area contributed by atoms with Gasteiger partial charge in [0.25, 0.3) is 5.91 Å². The maximum Gasteiger partial charge on any atom is 0.312 e. The van der Waals surface area contributed by atoms with Crippen LogP contribution in [0.1, 0.15) is 29.9 Å². The van der Waals surface area contributed by atoms with Crippen LogP contribution in [0, 0.1) is 11.2 Å². The van der Waals surface area contributed by atoms with E-state index in [1.807, 2.05) is 17.5 Å². The van der Waals surface area contributed by atoms with E-state index in [0.29, 0.717) is 50.5 Å². The average Bonchev–Trinajstić information content (AvgIpc) is 3.50. The molecule has 30 heavy (non-hydrogen) atoms. The highest BCUT2D eigenvalue weighted by atomic mass is 32.1. The summed E-state index contributed by atoms with van der Waals surface area (Å²) in [7, 11) is 0. The van der Waals surface area contributed by atoms with Crippen molar-refractivity contribution in [2.24, 2.45) is 5.41 Å². The lowest BCUT2D eigenvalue weighted by Crippen LogP contribution is -2.45. The number of piperidine rings is 1. The molecule has 0 aliphatic carbocycles. The first kappa shape index (κ1) is 18.9. The van der Waals surface area contributed by atoms with Crippen molar-refractivity contribution >= 4 is 23.2 Å². The summed E-state index contributed by atoms with van der Waals surface area (Å²) in [6, 6.07) is 9.70. The third-order valence-corrected chi connectivity index (χ3v) is 6.73. The van der Waals surface area contributed by atoms with Crippen LogP contribution in [0.15, 0.2) is 41.8 Å². The molecule has 7 nitrogen and oxygen atoms in total. The molecular formula is C21H19FN4O3S. The van der Waals surface area contributed by atoms with Crippen molar-refractivity contribution in [1.82, 2.24) is 19.7 Å². The molecule has 1 amide bonds. The third kappa shape index (κ3) is 3.19. The molecule has 5 rings (SSSR count). The number of aromatic nitrogens is 3. The molecule has 1 aromatic carbocycles. The number of hydrogen-bond donors (Lipinski definition) is 0. The minimum absolute atomic E-state index is 0.0904. The zero-order valence-electron chi connectivity index (χ0n) is 16.1. The van der Waals surface area contributed by atoms with Gasteiger partial charge >= 0.3 is 5.97 Å². The number of carbonyl (C=O) groups is 2. The average molecular weight is 426 g/mol. The lowest BCUT2D eigenvalue weighted by atomic mass is 9.77. The summed E-state index contributed by atoms with van der Waals surface area (Å²) < 4.78 is 20.1. The number of amides is 1. The lowest BCUT2D eigenvalue weighted by Gasteiger charge is -2.35. The van der Waals surface area contributed by atoms with Crippen LogP contribution in [-0.4, -0.2) is 51.2 Å². The quantitative estimate of drug-likeness (QED) is 0.601. The van der Waals surface area contributed by atoms with Crippen LogP contribution in [0.4, 0.5) is 4.39 Å². The Labute approximate surface area is 176 Å². The van der Waals surface area contributed by atoms with Gasteiger partial charge in [-0.05, 0) is 55.0 Å². The molecule has 2 saturated heterocycles. The van der Waals surface area contributed by atoms with Crippen LogP contribution in [0.25, 0.3) is 16.4 Å². The van der Waals surface area contributed by atoms with Crippen LogP contribution in [-0.2, 0) is 9.53 Å².